The molecule has 0 saturated carbocycles. The number of benzene rings is 1. The van der Waals surface area contributed by atoms with Crippen LogP contribution in [0, 0.1) is 18.2 Å². The lowest BCUT2D eigenvalue weighted by Gasteiger charge is -2.40. The summed E-state index contributed by atoms with van der Waals surface area (Å²) in [5.41, 5.74) is 1.40. The highest BCUT2D eigenvalue weighted by molar-refractivity contribution is 5.75. The number of nitrogens with zero attached hydrogens (tertiary/aromatic N) is 1. The zero-order valence-electron chi connectivity index (χ0n) is 12.9. The van der Waals surface area contributed by atoms with Crippen LogP contribution in [-0.2, 0) is 11.3 Å². The Morgan fingerprint density at radius 1 is 1.48 bits per heavy atom. The van der Waals surface area contributed by atoms with Gasteiger partial charge in [-0.3, -0.25) is 9.69 Å². The molecule has 21 heavy (non-hydrogen) atoms. The number of hydrogen-bond acceptors (Lipinski definition) is 2. The normalized spacial score (nSPS) is 23.2. The Morgan fingerprint density at radius 3 is 2.86 bits per heavy atom. The average molecular weight is 293 g/mol. The Labute approximate surface area is 125 Å². The summed E-state index contributed by atoms with van der Waals surface area (Å²) >= 11 is 0. The summed E-state index contributed by atoms with van der Waals surface area (Å²) in [5, 5.41) is 9.62. The predicted molar refractivity (Wildman–Crippen MR) is 80.6 cm³/mol. The Kier molecular flexibility index (Phi) is 4.99. The van der Waals surface area contributed by atoms with Crippen molar-refractivity contribution in [1.29, 1.82) is 0 Å². The molecule has 1 saturated heterocycles. The number of halogens is 1. The van der Waals surface area contributed by atoms with Crippen molar-refractivity contribution in [2.45, 2.75) is 46.1 Å². The average Bonchev–Trinajstić information content (AvgIpc) is 2.42. The van der Waals surface area contributed by atoms with Gasteiger partial charge in [-0.05, 0) is 56.0 Å². The van der Waals surface area contributed by atoms with Crippen molar-refractivity contribution in [2.75, 3.05) is 13.1 Å². The van der Waals surface area contributed by atoms with Crippen molar-refractivity contribution in [1.82, 2.24) is 4.90 Å². The molecule has 1 atom stereocenters. The molecule has 1 unspecified atom stereocenters. The van der Waals surface area contributed by atoms with E-state index in [-0.39, 0.29) is 5.82 Å². The molecular weight excluding hydrogens is 269 g/mol. The van der Waals surface area contributed by atoms with Crippen molar-refractivity contribution < 1.29 is 14.3 Å². The van der Waals surface area contributed by atoms with Gasteiger partial charge < -0.3 is 5.11 Å². The van der Waals surface area contributed by atoms with E-state index in [1.54, 1.807) is 0 Å². The first-order valence-electron chi connectivity index (χ1n) is 7.67. The molecule has 0 amide bonds. The third kappa shape index (κ3) is 3.62. The molecule has 0 aliphatic carbocycles. The molecule has 0 aromatic heterocycles. The topological polar surface area (TPSA) is 40.5 Å². The van der Waals surface area contributed by atoms with Crippen LogP contribution in [0.25, 0.3) is 0 Å². The SMILES string of the molecule is CCCC1(C(=O)O)CCCN(Cc2ccc(F)cc2C)C1. The predicted octanol–water partition coefficient (Wildman–Crippen LogP) is 3.60. The summed E-state index contributed by atoms with van der Waals surface area (Å²) in [6.07, 6.45) is 3.28. The molecule has 0 radical (unpaired) electrons. The van der Waals surface area contributed by atoms with Gasteiger partial charge in [0.25, 0.3) is 0 Å². The molecule has 1 N–H and O–H groups in total. The maximum absolute atomic E-state index is 13.2. The number of aliphatic carboxylic acids is 1. The van der Waals surface area contributed by atoms with Gasteiger partial charge in [0.15, 0.2) is 0 Å². The van der Waals surface area contributed by atoms with E-state index >= 15 is 0 Å². The standard InChI is InChI=1S/C17H24FNO2/c1-3-7-17(16(20)21)8-4-9-19(12-17)11-14-5-6-15(18)10-13(14)2/h5-6,10H,3-4,7-9,11-12H2,1-2H3,(H,20,21). The Hall–Kier alpha value is -1.42. The summed E-state index contributed by atoms with van der Waals surface area (Å²) in [6.45, 7) is 6.14. The number of piperidine rings is 1. The molecule has 1 aromatic carbocycles. The van der Waals surface area contributed by atoms with E-state index in [1.807, 2.05) is 19.9 Å². The lowest BCUT2D eigenvalue weighted by molar-refractivity contribution is -0.153. The molecule has 2 rings (SSSR count). The lowest BCUT2D eigenvalue weighted by Crippen LogP contribution is -2.47. The molecule has 116 valence electrons. The highest BCUT2D eigenvalue weighted by Crippen LogP contribution is 2.35. The fourth-order valence-electron chi connectivity index (χ4n) is 3.40. The molecule has 3 nitrogen and oxygen atoms in total. The van der Waals surface area contributed by atoms with Crippen LogP contribution in [0.15, 0.2) is 18.2 Å². The van der Waals surface area contributed by atoms with Gasteiger partial charge in [-0.15, -0.1) is 0 Å². The molecule has 1 aromatic rings. The number of carboxylic acid groups (broad SMARTS) is 1. The quantitative estimate of drug-likeness (QED) is 0.901. The Balaban J connectivity index is 2.12. The second-order valence-electron chi connectivity index (χ2n) is 6.22. The van der Waals surface area contributed by atoms with Crippen molar-refractivity contribution in [2.24, 2.45) is 5.41 Å². The number of hydrogen-bond donors (Lipinski definition) is 1. The van der Waals surface area contributed by atoms with Crippen LogP contribution in [-0.4, -0.2) is 29.1 Å². The van der Waals surface area contributed by atoms with Crippen molar-refractivity contribution in [3.8, 4) is 0 Å². The fraction of sp³-hybridized carbons (Fsp3) is 0.588. The second kappa shape index (κ2) is 6.56. The van der Waals surface area contributed by atoms with E-state index in [1.165, 1.54) is 12.1 Å². The number of likely N-dealkylation sites (tertiary alicyclic amines) is 1. The van der Waals surface area contributed by atoms with Gasteiger partial charge in [0.2, 0.25) is 0 Å². The summed E-state index contributed by atoms with van der Waals surface area (Å²) in [7, 11) is 0. The molecule has 0 spiro atoms. The lowest BCUT2D eigenvalue weighted by atomic mass is 9.76. The Bertz CT molecular complexity index is 514. The summed E-state index contributed by atoms with van der Waals surface area (Å²) < 4.78 is 13.2. The first-order valence-corrected chi connectivity index (χ1v) is 7.67. The van der Waals surface area contributed by atoms with Gasteiger partial charge in [-0.1, -0.05) is 19.4 Å². The zero-order chi connectivity index (χ0) is 15.5. The third-order valence-corrected chi connectivity index (χ3v) is 4.54. The van der Waals surface area contributed by atoms with Gasteiger partial charge in [-0.25, -0.2) is 4.39 Å². The largest absolute Gasteiger partial charge is 0.481 e. The molecule has 1 aliphatic heterocycles. The highest BCUT2D eigenvalue weighted by Gasteiger charge is 2.41. The van der Waals surface area contributed by atoms with E-state index in [2.05, 4.69) is 4.90 Å². The van der Waals surface area contributed by atoms with Gasteiger partial charge >= 0.3 is 5.97 Å². The molecule has 0 bridgehead atoms. The van der Waals surface area contributed by atoms with Gasteiger partial charge in [-0.2, -0.15) is 0 Å². The highest BCUT2D eigenvalue weighted by atomic mass is 19.1. The summed E-state index contributed by atoms with van der Waals surface area (Å²) in [5.74, 6) is -0.898. The van der Waals surface area contributed by atoms with Gasteiger partial charge in [0, 0.05) is 13.1 Å². The van der Waals surface area contributed by atoms with Gasteiger partial charge in [0.1, 0.15) is 5.82 Å². The number of carbonyl (C=O) groups is 1. The molecule has 4 heteroatoms. The molecule has 1 aliphatic rings. The third-order valence-electron chi connectivity index (χ3n) is 4.54. The van der Waals surface area contributed by atoms with Crippen LogP contribution >= 0.6 is 0 Å². The fourth-order valence-corrected chi connectivity index (χ4v) is 3.40. The van der Waals surface area contributed by atoms with Gasteiger partial charge in [0.05, 0.1) is 5.41 Å². The van der Waals surface area contributed by atoms with E-state index in [9.17, 15) is 14.3 Å². The van der Waals surface area contributed by atoms with Crippen LogP contribution in [0.3, 0.4) is 0 Å². The summed E-state index contributed by atoms with van der Waals surface area (Å²) in [6, 6.07) is 4.82. The van der Waals surface area contributed by atoms with Crippen LogP contribution in [0.5, 0.6) is 0 Å². The minimum Gasteiger partial charge on any atom is -0.481 e. The number of rotatable bonds is 5. The molecule has 1 heterocycles. The van der Waals surface area contributed by atoms with Crippen molar-refractivity contribution in [3.63, 3.8) is 0 Å². The van der Waals surface area contributed by atoms with Crippen LogP contribution in [0.4, 0.5) is 4.39 Å². The first kappa shape index (κ1) is 16.0. The monoisotopic (exact) mass is 293 g/mol. The second-order valence-corrected chi connectivity index (χ2v) is 6.22. The van der Waals surface area contributed by atoms with E-state index in [4.69, 9.17) is 0 Å². The first-order chi connectivity index (χ1) is 9.97. The van der Waals surface area contributed by atoms with Crippen LogP contribution < -0.4 is 0 Å². The summed E-state index contributed by atoms with van der Waals surface area (Å²) in [4.78, 5) is 13.9. The Morgan fingerprint density at radius 2 is 2.24 bits per heavy atom. The van der Waals surface area contributed by atoms with E-state index < -0.39 is 11.4 Å². The van der Waals surface area contributed by atoms with Crippen molar-refractivity contribution in [3.05, 3.63) is 35.1 Å². The molecule has 1 fully saturated rings. The maximum Gasteiger partial charge on any atom is 0.310 e. The smallest absolute Gasteiger partial charge is 0.310 e. The van der Waals surface area contributed by atoms with Crippen molar-refractivity contribution >= 4 is 5.97 Å². The van der Waals surface area contributed by atoms with Crippen LogP contribution in [0.2, 0.25) is 0 Å². The van der Waals surface area contributed by atoms with Crippen LogP contribution in [0.1, 0.15) is 43.7 Å². The number of carboxylic acids is 1. The maximum atomic E-state index is 13.2. The van der Waals surface area contributed by atoms with E-state index in [0.717, 1.165) is 43.4 Å². The zero-order valence-corrected chi connectivity index (χ0v) is 12.9. The number of aryl methyl sites for hydroxylation is 1. The minimum absolute atomic E-state index is 0.222. The minimum atomic E-state index is -0.676. The van der Waals surface area contributed by atoms with E-state index in [0.29, 0.717) is 13.1 Å². The molecular formula is C17H24FNO2.